The summed E-state index contributed by atoms with van der Waals surface area (Å²) in [4.78, 5) is 12.5. The SMILES string of the molecule is CCNCc1ccccc1NC(=O)c1ccc(OCC2CCCO2)cc1. The predicted molar refractivity (Wildman–Crippen MR) is 103 cm³/mol. The van der Waals surface area contributed by atoms with Crippen LogP contribution in [0.4, 0.5) is 5.69 Å². The summed E-state index contributed by atoms with van der Waals surface area (Å²) in [5.41, 5.74) is 2.50. The van der Waals surface area contributed by atoms with E-state index < -0.39 is 0 Å². The van der Waals surface area contributed by atoms with Gasteiger partial charge in [-0.2, -0.15) is 0 Å². The largest absolute Gasteiger partial charge is 0.491 e. The lowest BCUT2D eigenvalue weighted by Crippen LogP contribution is -2.17. The normalized spacial score (nSPS) is 16.4. The fraction of sp³-hybridized carbons (Fsp3) is 0.381. The molecule has 1 atom stereocenters. The van der Waals surface area contributed by atoms with Gasteiger partial charge in [0.25, 0.3) is 5.91 Å². The number of amides is 1. The van der Waals surface area contributed by atoms with Crippen LogP contribution in [0.25, 0.3) is 0 Å². The molecule has 5 heteroatoms. The quantitative estimate of drug-likeness (QED) is 0.760. The Bertz CT molecular complexity index is 709. The molecule has 0 bridgehead atoms. The Morgan fingerprint density at radius 1 is 1.19 bits per heavy atom. The van der Waals surface area contributed by atoms with Gasteiger partial charge in [-0.05, 0) is 55.3 Å². The maximum Gasteiger partial charge on any atom is 0.255 e. The number of ether oxygens (including phenoxy) is 2. The standard InChI is InChI=1S/C21H26N2O3/c1-2-22-14-17-6-3-4-8-20(17)23-21(24)16-9-11-18(12-10-16)26-15-19-7-5-13-25-19/h3-4,6,8-12,19,22H,2,5,7,13-15H2,1H3,(H,23,24). The molecule has 0 aromatic heterocycles. The van der Waals surface area contributed by atoms with Crippen molar-refractivity contribution in [3.8, 4) is 5.75 Å². The molecule has 1 aliphatic rings. The van der Waals surface area contributed by atoms with Gasteiger partial charge in [-0.1, -0.05) is 25.1 Å². The topological polar surface area (TPSA) is 59.6 Å². The summed E-state index contributed by atoms with van der Waals surface area (Å²) in [6.07, 6.45) is 2.33. The second kappa shape index (κ2) is 9.36. The smallest absolute Gasteiger partial charge is 0.255 e. The fourth-order valence-electron chi connectivity index (χ4n) is 2.92. The maximum absolute atomic E-state index is 12.5. The highest BCUT2D eigenvalue weighted by Gasteiger charge is 2.16. The molecule has 2 N–H and O–H groups in total. The average molecular weight is 354 g/mol. The minimum absolute atomic E-state index is 0.125. The summed E-state index contributed by atoms with van der Waals surface area (Å²) < 4.78 is 11.3. The average Bonchev–Trinajstić information content (AvgIpc) is 3.20. The molecule has 1 fully saturated rings. The van der Waals surface area contributed by atoms with E-state index in [1.54, 1.807) is 12.1 Å². The van der Waals surface area contributed by atoms with Crippen molar-refractivity contribution in [1.82, 2.24) is 5.32 Å². The summed E-state index contributed by atoms with van der Waals surface area (Å²) in [5.74, 6) is 0.629. The van der Waals surface area contributed by atoms with Crippen LogP contribution in [0.2, 0.25) is 0 Å². The van der Waals surface area contributed by atoms with Crippen molar-refractivity contribution in [2.45, 2.75) is 32.4 Å². The van der Waals surface area contributed by atoms with E-state index >= 15 is 0 Å². The third kappa shape index (κ3) is 5.07. The molecule has 2 aromatic rings. The lowest BCUT2D eigenvalue weighted by atomic mass is 10.1. The highest BCUT2D eigenvalue weighted by Crippen LogP contribution is 2.19. The van der Waals surface area contributed by atoms with Crippen LogP contribution in [-0.4, -0.2) is 31.8 Å². The molecule has 3 rings (SSSR count). The molecule has 1 aliphatic heterocycles. The second-order valence-corrected chi connectivity index (χ2v) is 6.36. The van der Waals surface area contributed by atoms with Crippen LogP contribution in [-0.2, 0) is 11.3 Å². The van der Waals surface area contributed by atoms with Crippen LogP contribution in [0.5, 0.6) is 5.75 Å². The van der Waals surface area contributed by atoms with E-state index in [1.807, 2.05) is 36.4 Å². The number of carbonyl (C=O) groups excluding carboxylic acids is 1. The molecule has 1 saturated heterocycles. The maximum atomic E-state index is 12.5. The van der Waals surface area contributed by atoms with E-state index in [4.69, 9.17) is 9.47 Å². The Morgan fingerprint density at radius 2 is 2.00 bits per heavy atom. The van der Waals surface area contributed by atoms with Crippen molar-refractivity contribution in [2.75, 3.05) is 25.1 Å². The molecule has 0 spiro atoms. The predicted octanol–water partition coefficient (Wildman–Crippen LogP) is 3.61. The summed E-state index contributed by atoms with van der Waals surface area (Å²) in [7, 11) is 0. The highest BCUT2D eigenvalue weighted by atomic mass is 16.5. The Kier molecular flexibility index (Phi) is 6.63. The van der Waals surface area contributed by atoms with Crippen LogP contribution in [0, 0.1) is 0 Å². The molecular weight excluding hydrogens is 328 g/mol. The molecule has 2 aromatic carbocycles. The zero-order chi connectivity index (χ0) is 18.2. The highest BCUT2D eigenvalue weighted by molar-refractivity contribution is 6.04. The third-order valence-electron chi connectivity index (χ3n) is 4.41. The second-order valence-electron chi connectivity index (χ2n) is 6.36. The van der Waals surface area contributed by atoms with Gasteiger partial charge in [-0.3, -0.25) is 4.79 Å². The van der Waals surface area contributed by atoms with Crippen molar-refractivity contribution >= 4 is 11.6 Å². The number of benzene rings is 2. The molecule has 26 heavy (non-hydrogen) atoms. The van der Waals surface area contributed by atoms with Gasteiger partial charge >= 0.3 is 0 Å². The molecule has 5 nitrogen and oxygen atoms in total. The minimum Gasteiger partial charge on any atom is -0.491 e. The summed E-state index contributed by atoms with van der Waals surface area (Å²) in [6, 6.07) is 15.1. The Morgan fingerprint density at radius 3 is 2.73 bits per heavy atom. The van der Waals surface area contributed by atoms with Crippen LogP contribution in [0.3, 0.4) is 0 Å². The van der Waals surface area contributed by atoms with Gasteiger partial charge in [0, 0.05) is 24.4 Å². The van der Waals surface area contributed by atoms with Crippen molar-refractivity contribution in [2.24, 2.45) is 0 Å². The molecule has 138 valence electrons. The van der Waals surface area contributed by atoms with Crippen molar-refractivity contribution in [3.63, 3.8) is 0 Å². The number of carbonyl (C=O) groups is 1. The molecule has 0 aliphatic carbocycles. The first-order chi connectivity index (χ1) is 12.8. The Labute approximate surface area is 154 Å². The number of nitrogens with one attached hydrogen (secondary N) is 2. The number of anilines is 1. The van der Waals surface area contributed by atoms with Crippen molar-refractivity contribution in [1.29, 1.82) is 0 Å². The van der Waals surface area contributed by atoms with Gasteiger partial charge in [0.1, 0.15) is 12.4 Å². The van der Waals surface area contributed by atoms with E-state index in [0.29, 0.717) is 12.2 Å². The zero-order valence-electron chi connectivity index (χ0n) is 15.2. The van der Waals surface area contributed by atoms with Gasteiger partial charge in [0.15, 0.2) is 0 Å². The van der Waals surface area contributed by atoms with Crippen LogP contribution < -0.4 is 15.4 Å². The van der Waals surface area contributed by atoms with E-state index in [9.17, 15) is 4.79 Å². The van der Waals surface area contributed by atoms with Crippen molar-refractivity contribution < 1.29 is 14.3 Å². The molecule has 1 amide bonds. The van der Waals surface area contributed by atoms with Gasteiger partial charge in [-0.15, -0.1) is 0 Å². The van der Waals surface area contributed by atoms with Crippen molar-refractivity contribution in [3.05, 3.63) is 59.7 Å². The van der Waals surface area contributed by atoms with E-state index in [2.05, 4.69) is 17.6 Å². The first-order valence-electron chi connectivity index (χ1n) is 9.20. The molecule has 1 heterocycles. The van der Waals surface area contributed by atoms with Gasteiger partial charge in [0.05, 0.1) is 6.10 Å². The fourth-order valence-corrected chi connectivity index (χ4v) is 2.92. The van der Waals surface area contributed by atoms with E-state index in [1.165, 1.54) is 0 Å². The number of hydrogen-bond donors (Lipinski definition) is 2. The zero-order valence-corrected chi connectivity index (χ0v) is 15.2. The molecule has 1 unspecified atom stereocenters. The number of rotatable bonds is 8. The first-order valence-corrected chi connectivity index (χ1v) is 9.20. The summed E-state index contributed by atoms with van der Waals surface area (Å²) in [5, 5.41) is 6.28. The van der Waals surface area contributed by atoms with Crippen LogP contribution in [0.1, 0.15) is 35.7 Å². The van der Waals surface area contributed by atoms with Crippen LogP contribution >= 0.6 is 0 Å². The summed E-state index contributed by atoms with van der Waals surface area (Å²) >= 11 is 0. The van der Waals surface area contributed by atoms with Gasteiger partial charge in [0.2, 0.25) is 0 Å². The van der Waals surface area contributed by atoms with Crippen LogP contribution in [0.15, 0.2) is 48.5 Å². The Balaban J connectivity index is 1.58. The molecular formula is C21H26N2O3. The number of hydrogen-bond acceptors (Lipinski definition) is 4. The lowest BCUT2D eigenvalue weighted by Gasteiger charge is -2.13. The first kappa shape index (κ1) is 18.4. The van der Waals surface area contributed by atoms with Gasteiger partial charge < -0.3 is 20.1 Å². The van der Waals surface area contributed by atoms with Gasteiger partial charge in [-0.25, -0.2) is 0 Å². The Hall–Kier alpha value is -2.37. The van der Waals surface area contributed by atoms with E-state index in [0.717, 1.165) is 49.5 Å². The monoisotopic (exact) mass is 354 g/mol. The summed E-state index contributed by atoms with van der Waals surface area (Å²) in [6.45, 7) is 5.05. The third-order valence-corrected chi connectivity index (χ3v) is 4.41. The van der Waals surface area contributed by atoms with E-state index in [-0.39, 0.29) is 12.0 Å². The molecule has 0 saturated carbocycles. The number of para-hydroxylation sites is 1. The lowest BCUT2D eigenvalue weighted by molar-refractivity contribution is 0.0679. The minimum atomic E-state index is -0.125. The molecule has 0 radical (unpaired) electrons.